The van der Waals surface area contributed by atoms with Crippen molar-refractivity contribution in [3.05, 3.63) is 69.6 Å². The number of amides is 1. The van der Waals surface area contributed by atoms with Crippen LogP contribution in [0.15, 0.2) is 47.4 Å². The number of phenolic OH excluding ortho intramolecular Hbond substituents is 1. The Balaban J connectivity index is 1.92. The van der Waals surface area contributed by atoms with Crippen LogP contribution in [-0.4, -0.2) is 26.8 Å². The summed E-state index contributed by atoms with van der Waals surface area (Å²) in [5.74, 6) is 0.293. The van der Waals surface area contributed by atoms with E-state index in [1.165, 1.54) is 17.3 Å². The van der Waals surface area contributed by atoms with E-state index in [1.807, 2.05) is 36.4 Å². The van der Waals surface area contributed by atoms with Crippen LogP contribution in [-0.2, 0) is 22.0 Å². The van der Waals surface area contributed by atoms with Gasteiger partial charge >= 0.3 is 0 Å². The van der Waals surface area contributed by atoms with Gasteiger partial charge in [-0.05, 0) is 46.6 Å². The third kappa shape index (κ3) is 5.39. The molecule has 3 rings (SSSR count). The van der Waals surface area contributed by atoms with Gasteiger partial charge < -0.3 is 5.11 Å². The molecule has 1 saturated heterocycles. The van der Waals surface area contributed by atoms with Gasteiger partial charge in [0.05, 0.1) is 4.91 Å². The molecule has 1 aliphatic rings. The van der Waals surface area contributed by atoms with Crippen LogP contribution < -0.4 is 0 Å². The molecule has 164 valence electrons. The average molecular weight is 454 g/mol. The Morgan fingerprint density at radius 2 is 1.55 bits per heavy atom. The molecule has 1 N–H and O–H groups in total. The second-order valence-corrected chi connectivity index (χ2v) is 11.7. The van der Waals surface area contributed by atoms with Gasteiger partial charge in [-0.25, -0.2) is 0 Å². The highest BCUT2D eigenvalue weighted by Crippen LogP contribution is 2.41. The predicted molar refractivity (Wildman–Crippen MR) is 136 cm³/mol. The lowest BCUT2D eigenvalue weighted by Gasteiger charge is -2.28. The number of nitrogens with zero attached hydrogens (tertiary/aromatic N) is 1. The van der Waals surface area contributed by atoms with E-state index in [2.05, 4.69) is 53.7 Å². The SMILES string of the molecule is CC(C)(C)c1cc(C=C2SC(=S)N(CCc3ccccc3)C2=O)cc(C(C)(C)C)c1O. The van der Waals surface area contributed by atoms with Crippen LogP contribution in [0.1, 0.15) is 63.8 Å². The van der Waals surface area contributed by atoms with Crippen LogP contribution in [0.2, 0.25) is 0 Å². The molecule has 0 atom stereocenters. The van der Waals surface area contributed by atoms with Crippen molar-refractivity contribution in [1.29, 1.82) is 0 Å². The highest BCUT2D eigenvalue weighted by atomic mass is 32.2. The summed E-state index contributed by atoms with van der Waals surface area (Å²) < 4.78 is 0.595. The lowest BCUT2D eigenvalue weighted by Crippen LogP contribution is -2.30. The van der Waals surface area contributed by atoms with Gasteiger partial charge in [-0.3, -0.25) is 9.69 Å². The minimum atomic E-state index is -0.220. The molecule has 1 aliphatic heterocycles. The summed E-state index contributed by atoms with van der Waals surface area (Å²) >= 11 is 6.85. The molecule has 0 aliphatic carbocycles. The van der Waals surface area contributed by atoms with Crippen LogP contribution in [0.25, 0.3) is 6.08 Å². The second kappa shape index (κ2) is 8.79. The van der Waals surface area contributed by atoms with E-state index in [-0.39, 0.29) is 16.7 Å². The zero-order valence-electron chi connectivity index (χ0n) is 19.2. The molecule has 3 nitrogen and oxygen atoms in total. The van der Waals surface area contributed by atoms with E-state index in [4.69, 9.17) is 12.2 Å². The smallest absolute Gasteiger partial charge is 0.266 e. The van der Waals surface area contributed by atoms with Crippen LogP contribution >= 0.6 is 24.0 Å². The van der Waals surface area contributed by atoms with Gasteiger partial charge in [0, 0.05) is 17.7 Å². The molecule has 0 aromatic heterocycles. The lowest BCUT2D eigenvalue weighted by molar-refractivity contribution is -0.122. The topological polar surface area (TPSA) is 40.5 Å². The standard InChI is InChI=1S/C26H31NO2S2/c1-25(2,3)19-14-18(15-20(22(19)28)26(4,5)6)16-21-23(29)27(24(30)31-21)13-12-17-10-8-7-9-11-17/h7-11,14-16,28H,12-13H2,1-6H3. The summed E-state index contributed by atoms with van der Waals surface area (Å²) in [6.07, 6.45) is 2.67. The van der Waals surface area contributed by atoms with Crippen molar-refractivity contribution in [1.82, 2.24) is 4.90 Å². The molecule has 0 spiro atoms. The van der Waals surface area contributed by atoms with Crippen molar-refractivity contribution in [2.24, 2.45) is 0 Å². The maximum absolute atomic E-state index is 13.1. The first kappa shape index (κ1) is 23.6. The Morgan fingerprint density at radius 1 is 1.00 bits per heavy atom. The fraction of sp³-hybridized carbons (Fsp3) is 0.385. The van der Waals surface area contributed by atoms with Crippen LogP contribution in [0.3, 0.4) is 0 Å². The number of aromatic hydroxyl groups is 1. The van der Waals surface area contributed by atoms with E-state index in [1.54, 1.807) is 4.90 Å². The Bertz CT molecular complexity index is 993. The van der Waals surface area contributed by atoms with Gasteiger partial charge in [-0.1, -0.05) is 95.9 Å². The van der Waals surface area contributed by atoms with E-state index >= 15 is 0 Å². The largest absolute Gasteiger partial charge is 0.507 e. The summed E-state index contributed by atoms with van der Waals surface area (Å²) in [6.45, 7) is 13.1. The van der Waals surface area contributed by atoms with Gasteiger partial charge in [-0.15, -0.1) is 0 Å². The molecule has 1 amide bonds. The normalized spacial score (nSPS) is 16.5. The number of hydrogen-bond acceptors (Lipinski definition) is 4. The number of thiocarbonyl (C=S) groups is 1. The maximum atomic E-state index is 13.1. The molecule has 31 heavy (non-hydrogen) atoms. The van der Waals surface area contributed by atoms with E-state index < -0.39 is 0 Å². The second-order valence-electron chi connectivity index (χ2n) is 10.0. The molecule has 0 radical (unpaired) electrons. The molecule has 2 aromatic rings. The van der Waals surface area contributed by atoms with Gasteiger partial charge in [0.25, 0.3) is 5.91 Å². The molecule has 5 heteroatoms. The number of phenols is 1. The monoisotopic (exact) mass is 453 g/mol. The Kier molecular flexibility index (Phi) is 6.68. The van der Waals surface area contributed by atoms with Gasteiger partial charge in [-0.2, -0.15) is 0 Å². The maximum Gasteiger partial charge on any atom is 0.266 e. The highest BCUT2D eigenvalue weighted by Gasteiger charge is 2.32. The van der Waals surface area contributed by atoms with Crippen molar-refractivity contribution in [3.63, 3.8) is 0 Å². The summed E-state index contributed by atoms with van der Waals surface area (Å²) in [5.41, 5.74) is 3.42. The molecule has 0 unspecified atom stereocenters. The minimum absolute atomic E-state index is 0.0476. The lowest BCUT2D eigenvalue weighted by atomic mass is 9.78. The fourth-order valence-electron chi connectivity index (χ4n) is 3.61. The van der Waals surface area contributed by atoms with Crippen molar-refractivity contribution in [3.8, 4) is 5.75 Å². The van der Waals surface area contributed by atoms with Crippen molar-refractivity contribution in [2.45, 2.75) is 58.8 Å². The third-order valence-electron chi connectivity index (χ3n) is 5.39. The number of thioether (sulfide) groups is 1. The van der Waals surface area contributed by atoms with Crippen molar-refractivity contribution in [2.75, 3.05) is 6.54 Å². The summed E-state index contributed by atoms with van der Waals surface area (Å²) in [7, 11) is 0. The molecule has 1 heterocycles. The number of carbonyl (C=O) groups excluding carboxylic acids is 1. The summed E-state index contributed by atoms with van der Waals surface area (Å²) in [6, 6.07) is 14.1. The molecule has 0 saturated carbocycles. The third-order valence-corrected chi connectivity index (χ3v) is 6.76. The van der Waals surface area contributed by atoms with Crippen molar-refractivity contribution >= 4 is 40.3 Å². The summed E-state index contributed by atoms with van der Waals surface area (Å²) in [5, 5.41) is 10.9. The van der Waals surface area contributed by atoms with Crippen LogP contribution in [0.4, 0.5) is 0 Å². The Morgan fingerprint density at radius 3 is 2.06 bits per heavy atom. The number of benzene rings is 2. The zero-order chi connectivity index (χ0) is 23.0. The minimum Gasteiger partial charge on any atom is -0.507 e. The molecule has 2 aromatic carbocycles. The first-order chi connectivity index (χ1) is 14.4. The molecule has 0 bridgehead atoms. The first-order valence-electron chi connectivity index (χ1n) is 10.5. The zero-order valence-corrected chi connectivity index (χ0v) is 20.8. The predicted octanol–water partition coefficient (Wildman–Crippen LogP) is 6.43. The van der Waals surface area contributed by atoms with E-state index in [9.17, 15) is 9.90 Å². The molecular formula is C26H31NO2S2. The molecular weight excluding hydrogens is 422 g/mol. The van der Waals surface area contributed by atoms with Gasteiger partial charge in [0.15, 0.2) is 0 Å². The average Bonchev–Trinajstić information content (AvgIpc) is 2.93. The number of carbonyl (C=O) groups is 1. The van der Waals surface area contributed by atoms with Crippen molar-refractivity contribution < 1.29 is 9.90 Å². The summed E-state index contributed by atoms with van der Waals surface area (Å²) in [4.78, 5) is 15.4. The quantitative estimate of drug-likeness (QED) is 0.428. The van der Waals surface area contributed by atoms with Gasteiger partial charge in [0.2, 0.25) is 0 Å². The van der Waals surface area contributed by atoms with Gasteiger partial charge in [0.1, 0.15) is 10.1 Å². The Hall–Kier alpha value is -2.11. The van der Waals surface area contributed by atoms with Crippen LogP contribution in [0.5, 0.6) is 5.75 Å². The fourth-order valence-corrected chi connectivity index (χ4v) is 4.92. The number of hydrogen-bond donors (Lipinski definition) is 1. The number of rotatable bonds is 4. The Labute approximate surface area is 195 Å². The highest BCUT2D eigenvalue weighted by molar-refractivity contribution is 8.26. The van der Waals surface area contributed by atoms with E-state index in [0.717, 1.165) is 23.1 Å². The molecule has 1 fully saturated rings. The first-order valence-corrected chi connectivity index (χ1v) is 11.8. The van der Waals surface area contributed by atoms with Crippen LogP contribution in [0, 0.1) is 0 Å². The van der Waals surface area contributed by atoms with E-state index in [0.29, 0.717) is 21.5 Å².